The average Bonchev–Trinajstić information content (AvgIpc) is 2.79. The van der Waals surface area contributed by atoms with Gasteiger partial charge >= 0.3 is 0 Å². The molecule has 19 heavy (non-hydrogen) atoms. The van der Waals surface area contributed by atoms with Crippen LogP contribution in [0.15, 0.2) is 24.4 Å². The second-order valence-corrected chi connectivity index (χ2v) is 6.29. The molecule has 1 N–H and O–H groups in total. The molecule has 2 aromatic heterocycles. The number of nitrogens with zero attached hydrogens (tertiary/aromatic N) is 3. The topological polar surface area (TPSA) is 63.6 Å². The number of hydrogen-bond acceptors (Lipinski definition) is 4. The maximum Gasteiger partial charge on any atom is 0.195 e. The second kappa shape index (κ2) is 6.21. The third-order valence-corrected chi connectivity index (χ3v) is 3.96. The van der Waals surface area contributed by atoms with E-state index in [1.54, 1.807) is 12.5 Å². The highest BCUT2D eigenvalue weighted by atomic mass is 32.2. The maximum atomic E-state index is 11.2. The summed E-state index contributed by atoms with van der Waals surface area (Å²) in [5.41, 5.74) is 0.777. The summed E-state index contributed by atoms with van der Waals surface area (Å²) in [6, 6.07) is 5.80. The molecule has 0 aromatic carbocycles. The molecule has 2 aromatic rings. The van der Waals surface area contributed by atoms with E-state index >= 15 is 0 Å². The van der Waals surface area contributed by atoms with Crippen LogP contribution in [0.4, 0.5) is 0 Å². The van der Waals surface area contributed by atoms with E-state index in [4.69, 9.17) is 12.2 Å². The minimum absolute atomic E-state index is 0.132. The van der Waals surface area contributed by atoms with E-state index in [1.807, 2.05) is 29.7 Å². The minimum atomic E-state index is -0.799. The van der Waals surface area contributed by atoms with E-state index in [0.717, 1.165) is 17.9 Å². The van der Waals surface area contributed by atoms with Crippen molar-refractivity contribution in [2.75, 3.05) is 12.0 Å². The normalized spacial score (nSPS) is 14.2. The molecule has 2 unspecified atom stereocenters. The van der Waals surface area contributed by atoms with Crippen molar-refractivity contribution in [3.8, 4) is 11.5 Å². The maximum absolute atomic E-state index is 11.2. The van der Waals surface area contributed by atoms with Crippen LogP contribution in [-0.4, -0.2) is 36.0 Å². The standard InChI is InChI=1S/C12H16N4OS2/c1-9(6-8-19(2)17)16-11(14-15-12(16)18)10-5-3-4-7-13-10/h3-5,7,9H,6,8H2,1-2H3,(H,15,18). The van der Waals surface area contributed by atoms with Crippen LogP contribution < -0.4 is 0 Å². The summed E-state index contributed by atoms with van der Waals surface area (Å²) in [7, 11) is -0.799. The molecule has 0 saturated heterocycles. The highest BCUT2D eigenvalue weighted by Gasteiger charge is 2.15. The van der Waals surface area contributed by atoms with Crippen LogP contribution in [0.5, 0.6) is 0 Å². The Bertz CT molecular complexity index is 620. The van der Waals surface area contributed by atoms with E-state index in [2.05, 4.69) is 15.2 Å². The van der Waals surface area contributed by atoms with Crippen LogP contribution >= 0.6 is 12.2 Å². The van der Waals surface area contributed by atoms with Crippen molar-refractivity contribution in [2.24, 2.45) is 0 Å². The van der Waals surface area contributed by atoms with Gasteiger partial charge in [0.05, 0.1) is 0 Å². The predicted octanol–water partition coefficient (Wildman–Crippen LogP) is 2.33. The molecule has 0 spiro atoms. The smallest absolute Gasteiger partial charge is 0.195 e. The Kier molecular flexibility index (Phi) is 4.60. The fourth-order valence-corrected chi connectivity index (χ4v) is 2.84. The van der Waals surface area contributed by atoms with Gasteiger partial charge in [0.1, 0.15) is 5.69 Å². The van der Waals surface area contributed by atoms with Crippen molar-refractivity contribution in [3.05, 3.63) is 29.2 Å². The van der Waals surface area contributed by atoms with Crippen molar-refractivity contribution in [1.82, 2.24) is 19.7 Å². The van der Waals surface area contributed by atoms with Gasteiger partial charge in [-0.15, -0.1) is 0 Å². The summed E-state index contributed by atoms with van der Waals surface area (Å²) < 4.78 is 13.7. The fourth-order valence-electron chi connectivity index (χ4n) is 1.85. The summed E-state index contributed by atoms with van der Waals surface area (Å²) in [5, 5.41) is 7.05. The molecule has 2 heterocycles. The summed E-state index contributed by atoms with van der Waals surface area (Å²) >= 11 is 5.27. The van der Waals surface area contributed by atoms with E-state index in [-0.39, 0.29) is 6.04 Å². The van der Waals surface area contributed by atoms with Gasteiger partial charge in [0.25, 0.3) is 0 Å². The fraction of sp³-hybridized carbons (Fsp3) is 0.417. The quantitative estimate of drug-likeness (QED) is 0.860. The highest BCUT2D eigenvalue weighted by molar-refractivity contribution is 7.84. The summed E-state index contributed by atoms with van der Waals surface area (Å²) in [6.07, 6.45) is 4.22. The lowest BCUT2D eigenvalue weighted by molar-refractivity contribution is 0.529. The van der Waals surface area contributed by atoms with E-state index in [1.165, 1.54) is 0 Å². The van der Waals surface area contributed by atoms with Crippen LogP contribution in [0.3, 0.4) is 0 Å². The van der Waals surface area contributed by atoms with Gasteiger partial charge in [0, 0.05) is 35.0 Å². The third-order valence-electron chi connectivity index (χ3n) is 2.86. The number of rotatable bonds is 5. The summed E-state index contributed by atoms with van der Waals surface area (Å²) in [4.78, 5) is 4.29. The molecule has 0 aliphatic heterocycles. The van der Waals surface area contributed by atoms with Gasteiger partial charge in [-0.25, -0.2) is 0 Å². The number of hydrogen-bond donors (Lipinski definition) is 1. The van der Waals surface area contributed by atoms with Crippen LogP contribution in [0.2, 0.25) is 0 Å². The Morgan fingerprint density at radius 3 is 2.95 bits per heavy atom. The Balaban J connectivity index is 2.33. The number of H-pyrrole nitrogens is 1. The van der Waals surface area contributed by atoms with Crippen LogP contribution in [0, 0.1) is 4.77 Å². The first-order chi connectivity index (χ1) is 9.09. The molecule has 2 rings (SSSR count). The monoisotopic (exact) mass is 296 g/mol. The van der Waals surface area contributed by atoms with Gasteiger partial charge in [-0.2, -0.15) is 5.10 Å². The Morgan fingerprint density at radius 2 is 2.32 bits per heavy atom. The molecular formula is C12H16N4OS2. The van der Waals surface area contributed by atoms with Crippen molar-refractivity contribution in [2.45, 2.75) is 19.4 Å². The van der Waals surface area contributed by atoms with E-state index in [0.29, 0.717) is 10.5 Å². The zero-order valence-electron chi connectivity index (χ0n) is 10.9. The zero-order chi connectivity index (χ0) is 13.8. The molecule has 2 atom stereocenters. The number of aromatic amines is 1. The van der Waals surface area contributed by atoms with Crippen molar-refractivity contribution >= 4 is 23.0 Å². The van der Waals surface area contributed by atoms with Crippen LogP contribution in [-0.2, 0) is 10.8 Å². The lowest BCUT2D eigenvalue weighted by atomic mass is 10.2. The molecule has 0 amide bonds. The second-order valence-electron chi connectivity index (χ2n) is 4.35. The number of nitrogens with one attached hydrogen (secondary N) is 1. The van der Waals surface area contributed by atoms with Gasteiger partial charge in [0.2, 0.25) is 0 Å². The van der Waals surface area contributed by atoms with Gasteiger partial charge in [-0.3, -0.25) is 18.9 Å². The molecule has 0 saturated carbocycles. The molecule has 0 bridgehead atoms. The van der Waals surface area contributed by atoms with Crippen molar-refractivity contribution in [1.29, 1.82) is 0 Å². The molecule has 5 nitrogen and oxygen atoms in total. The first kappa shape index (κ1) is 14.1. The molecule has 0 fully saturated rings. The number of pyridine rings is 1. The Hall–Kier alpha value is -1.34. The Labute approximate surface area is 119 Å². The van der Waals surface area contributed by atoms with Crippen molar-refractivity contribution in [3.63, 3.8) is 0 Å². The highest BCUT2D eigenvalue weighted by Crippen LogP contribution is 2.21. The largest absolute Gasteiger partial charge is 0.296 e. The molecular weight excluding hydrogens is 280 g/mol. The Morgan fingerprint density at radius 1 is 1.53 bits per heavy atom. The third kappa shape index (κ3) is 3.36. The predicted molar refractivity (Wildman–Crippen MR) is 78.9 cm³/mol. The van der Waals surface area contributed by atoms with Crippen molar-refractivity contribution < 1.29 is 4.21 Å². The first-order valence-corrected chi connectivity index (χ1v) is 8.11. The molecule has 7 heteroatoms. The van der Waals surface area contributed by atoms with Gasteiger partial charge in [-0.1, -0.05) is 6.07 Å². The van der Waals surface area contributed by atoms with Gasteiger partial charge in [0.15, 0.2) is 10.6 Å². The van der Waals surface area contributed by atoms with Crippen LogP contribution in [0.25, 0.3) is 11.5 Å². The lowest BCUT2D eigenvalue weighted by Gasteiger charge is -2.14. The number of aromatic nitrogens is 4. The van der Waals surface area contributed by atoms with E-state index < -0.39 is 10.8 Å². The van der Waals surface area contributed by atoms with Crippen LogP contribution in [0.1, 0.15) is 19.4 Å². The molecule has 0 aliphatic rings. The van der Waals surface area contributed by atoms with Gasteiger partial charge < -0.3 is 0 Å². The van der Waals surface area contributed by atoms with Gasteiger partial charge in [-0.05, 0) is 37.7 Å². The molecule has 102 valence electrons. The van der Waals surface area contributed by atoms with E-state index in [9.17, 15) is 4.21 Å². The lowest BCUT2D eigenvalue weighted by Crippen LogP contribution is -2.11. The average molecular weight is 296 g/mol. The minimum Gasteiger partial charge on any atom is -0.296 e. The SMILES string of the molecule is CC(CCS(C)=O)n1c(-c2ccccn2)n[nH]c1=S. The molecule has 0 aliphatic carbocycles. The summed E-state index contributed by atoms with van der Waals surface area (Å²) in [5.74, 6) is 1.37. The summed E-state index contributed by atoms with van der Waals surface area (Å²) in [6.45, 7) is 2.05. The zero-order valence-corrected chi connectivity index (χ0v) is 12.5. The first-order valence-electron chi connectivity index (χ1n) is 5.98. The molecule has 0 radical (unpaired) electrons.